The van der Waals surface area contributed by atoms with E-state index in [0.717, 1.165) is 47.0 Å². The highest BCUT2D eigenvalue weighted by Gasteiger charge is 2.32. The molecule has 3 aromatic rings. The van der Waals surface area contributed by atoms with Crippen LogP contribution in [0.4, 0.5) is 13.2 Å². The molecule has 0 saturated carbocycles. The summed E-state index contributed by atoms with van der Waals surface area (Å²) >= 11 is 6.02. The van der Waals surface area contributed by atoms with Gasteiger partial charge in [-0.25, -0.2) is 4.98 Å². The predicted octanol–water partition coefficient (Wildman–Crippen LogP) is 4.24. The lowest BCUT2D eigenvalue weighted by Crippen LogP contribution is -2.51. The van der Waals surface area contributed by atoms with Gasteiger partial charge in [0.2, 0.25) is 0 Å². The number of benzene rings is 2. The van der Waals surface area contributed by atoms with Gasteiger partial charge in [0.1, 0.15) is 11.7 Å². The number of aliphatic hydroxyl groups is 1. The number of rotatable bonds is 5. The fourth-order valence-electron chi connectivity index (χ4n) is 4.05. The molecule has 1 amide bonds. The van der Waals surface area contributed by atoms with Crippen LogP contribution in [-0.4, -0.2) is 69.8 Å². The van der Waals surface area contributed by atoms with E-state index >= 15 is 0 Å². The number of nitrogens with zero attached hydrogens (tertiary/aromatic N) is 4. The van der Waals surface area contributed by atoms with Crippen molar-refractivity contribution in [1.29, 1.82) is 0 Å². The molecule has 0 bridgehead atoms. The van der Waals surface area contributed by atoms with Gasteiger partial charge in [-0.3, -0.25) is 9.79 Å². The van der Waals surface area contributed by atoms with Gasteiger partial charge in [0.05, 0.1) is 16.6 Å². The quantitative estimate of drug-likeness (QED) is 0.390. The second kappa shape index (κ2) is 10.7. The number of piperazine rings is 1. The summed E-state index contributed by atoms with van der Waals surface area (Å²) in [6, 6.07) is 9.46. The van der Waals surface area contributed by atoms with Gasteiger partial charge in [0.15, 0.2) is 6.10 Å². The van der Waals surface area contributed by atoms with Gasteiger partial charge in [-0.05, 0) is 42.0 Å². The summed E-state index contributed by atoms with van der Waals surface area (Å²) in [5.74, 6) is 1.01. The molecule has 11 heteroatoms. The number of halogens is 4. The van der Waals surface area contributed by atoms with Gasteiger partial charge in [-0.2, -0.15) is 13.2 Å². The van der Waals surface area contributed by atoms with Gasteiger partial charge < -0.3 is 19.9 Å². The first-order valence-electron chi connectivity index (χ1n) is 11.3. The highest BCUT2D eigenvalue weighted by atomic mass is 35.5. The topological polar surface area (TPSA) is 84.8 Å². The highest BCUT2D eigenvalue weighted by Crippen LogP contribution is 2.30. The number of H-pyrrole nitrogens is 1. The van der Waals surface area contributed by atoms with Crippen LogP contribution < -0.4 is 0 Å². The first kappa shape index (κ1) is 25.7. The molecule has 4 rings (SSSR count). The molecule has 0 radical (unpaired) electrons. The van der Waals surface area contributed by atoms with Crippen LogP contribution in [0.5, 0.6) is 0 Å². The van der Waals surface area contributed by atoms with Crippen LogP contribution in [0.1, 0.15) is 23.1 Å². The van der Waals surface area contributed by atoms with Gasteiger partial charge in [0.25, 0.3) is 5.91 Å². The lowest BCUT2D eigenvalue weighted by molar-refractivity contribution is -0.141. The third-order valence-corrected chi connectivity index (χ3v) is 6.24. The second-order valence-electron chi connectivity index (χ2n) is 8.37. The van der Waals surface area contributed by atoms with Gasteiger partial charge in [-0.15, -0.1) is 0 Å². The number of hydrogen-bond acceptors (Lipinski definition) is 4. The molecule has 1 aromatic heterocycles. The number of aromatic amines is 1. The van der Waals surface area contributed by atoms with Gasteiger partial charge in [0, 0.05) is 44.7 Å². The van der Waals surface area contributed by atoms with E-state index in [1.165, 1.54) is 4.90 Å². The number of allylic oxidation sites excluding steroid dienone is 1. The molecule has 2 N–H and O–H groups in total. The van der Waals surface area contributed by atoms with Crippen molar-refractivity contribution in [3.8, 4) is 0 Å². The van der Waals surface area contributed by atoms with E-state index in [1.807, 2.05) is 29.2 Å². The van der Waals surface area contributed by atoms with Crippen LogP contribution in [0.2, 0.25) is 5.02 Å². The molecule has 36 heavy (non-hydrogen) atoms. The van der Waals surface area contributed by atoms with E-state index in [4.69, 9.17) is 11.6 Å². The number of alkyl halides is 3. The number of aliphatic hydroxyl groups excluding tert-OH is 1. The molecule has 0 aliphatic carbocycles. The monoisotopic (exact) mass is 519 g/mol. The molecular weight excluding hydrogens is 495 g/mol. The molecule has 7 nitrogen and oxygen atoms in total. The summed E-state index contributed by atoms with van der Waals surface area (Å²) in [6.07, 6.45) is -1.57. The number of hydrogen-bond donors (Lipinski definition) is 2. The fraction of sp³-hybridized carbons (Fsp3) is 0.320. The lowest BCUT2D eigenvalue weighted by atomic mass is 10.1. The minimum atomic E-state index is -4.48. The summed E-state index contributed by atoms with van der Waals surface area (Å²) in [4.78, 5) is 28.4. The fourth-order valence-corrected chi connectivity index (χ4v) is 4.23. The number of amidine groups is 1. The zero-order chi connectivity index (χ0) is 25.9. The summed E-state index contributed by atoms with van der Waals surface area (Å²) < 4.78 is 38.3. The highest BCUT2D eigenvalue weighted by molar-refractivity contribution is 6.31. The Morgan fingerprint density at radius 2 is 1.83 bits per heavy atom. The third-order valence-electron chi connectivity index (χ3n) is 6.00. The van der Waals surface area contributed by atoms with Gasteiger partial charge >= 0.3 is 6.18 Å². The predicted molar refractivity (Wildman–Crippen MR) is 132 cm³/mol. The van der Waals surface area contributed by atoms with E-state index in [1.54, 1.807) is 13.1 Å². The number of carbonyl (C=O) groups excluding carboxylic acids is 1. The number of amides is 1. The average molecular weight is 520 g/mol. The summed E-state index contributed by atoms with van der Waals surface area (Å²) in [7, 11) is 1.69. The number of nitrogens with one attached hydrogen (secondary N) is 1. The van der Waals surface area contributed by atoms with Crippen LogP contribution in [0.15, 0.2) is 59.6 Å². The first-order chi connectivity index (χ1) is 17.2. The summed E-state index contributed by atoms with van der Waals surface area (Å²) in [6.45, 7) is 1.72. The van der Waals surface area contributed by atoms with Crippen molar-refractivity contribution in [3.63, 3.8) is 0 Å². The lowest BCUT2D eigenvalue weighted by Gasteiger charge is -2.36. The Kier molecular flexibility index (Phi) is 7.65. The van der Waals surface area contributed by atoms with E-state index < -0.39 is 23.8 Å². The molecule has 1 saturated heterocycles. The molecule has 1 aliphatic heterocycles. The molecule has 1 aliphatic rings. The minimum Gasteiger partial charge on any atom is -0.378 e. The zero-order valence-electron chi connectivity index (χ0n) is 19.5. The Morgan fingerprint density at radius 3 is 2.47 bits per heavy atom. The molecule has 1 atom stereocenters. The smallest absolute Gasteiger partial charge is 0.378 e. The molecule has 1 fully saturated rings. The van der Waals surface area contributed by atoms with Crippen LogP contribution in [0.3, 0.4) is 0 Å². The van der Waals surface area contributed by atoms with Crippen molar-refractivity contribution in [1.82, 2.24) is 19.8 Å². The Hall–Kier alpha value is -3.37. The summed E-state index contributed by atoms with van der Waals surface area (Å²) in [5.41, 5.74) is 1.01. The van der Waals surface area contributed by atoms with Crippen LogP contribution in [0, 0.1) is 0 Å². The van der Waals surface area contributed by atoms with Crippen LogP contribution in [0.25, 0.3) is 11.0 Å². The normalized spacial score (nSPS) is 16.2. The maximum absolute atomic E-state index is 12.8. The molecule has 0 spiro atoms. The number of aromatic nitrogens is 2. The maximum Gasteiger partial charge on any atom is 0.416 e. The Balaban J connectivity index is 1.31. The summed E-state index contributed by atoms with van der Waals surface area (Å²) in [5, 5.41) is 11.0. The van der Waals surface area contributed by atoms with Crippen molar-refractivity contribution in [2.45, 2.75) is 18.7 Å². The number of aliphatic imine (C=N–C) groups is 1. The van der Waals surface area contributed by atoms with Crippen LogP contribution in [-0.2, 0) is 17.4 Å². The third kappa shape index (κ3) is 5.88. The number of fused-ring (bicyclic) bond motifs is 1. The largest absolute Gasteiger partial charge is 0.416 e. The van der Waals surface area contributed by atoms with Crippen molar-refractivity contribution < 1.29 is 23.1 Å². The molecular formula is C25H25ClF3N5O2. The number of carbonyl (C=O) groups is 1. The zero-order valence-corrected chi connectivity index (χ0v) is 20.2. The van der Waals surface area contributed by atoms with Crippen molar-refractivity contribution in [2.24, 2.45) is 4.99 Å². The van der Waals surface area contributed by atoms with Gasteiger partial charge in [-0.1, -0.05) is 29.8 Å². The number of imidazole rings is 1. The molecule has 2 heterocycles. The Morgan fingerprint density at radius 1 is 1.17 bits per heavy atom. The van der Waals surface area contributed by atoms with E-state index in [0.29, 0.717) is 37.6 Å². The van der Waals surface area contributed by atoms with Crippen LogP contribution >= 0.6 is 11.6 Å². The van der Waals surface area contributed by atoms with E-state index in [-0.39, 0.29) is 5.56 Å². The molecule has 1 unspecified atom stereocenters. The SMILES string of the molecule is CN=C(/C=C\Cc1nc2ccc(Cl)cc2[nH]1)N1CCN(C(=O)C(O)c2ccc(C(F)(F)F)cc2)CC1. The Bertz CT molecular complexity index is 1280. The Labute approximate surface area is 210 Å². The second-order valence-corrected chi connectivity index (χ2v) is 8.80. The van der Waals surface area contributed by atoms with Crippen molar-refractivity contribution in [3.05, 3.63) is 76.6 Å². The standard InChI is InChI=1S/C25H25ClF3N5O2/c1-30-22(4-2-3-21-31-19-10-9-18(26)15-20(19)32-21)33-11-13-34(14-12-33)24(36)23(35)16-5-7-17(8-6-16)25(27,28)29/h2,4-10,15,23,35H,3,11-14H2,1H3,(H,31,32)/b4-2-,30-22?. The maximum atomic E-state index is 12.8. The first-order valence-corrected chi connectivity index (χ1v) is 11.7. The van der Waals surface area contributed by atoms with E-state index in [2.05, 4.69) is 15.0 Å². The van der Waals surface area contributed by atoms with E-state index in [9.17, 15) is 23.1 Å². The minimum absolute atomic E-state index is 0.127. The molecule has 2 aromatic carbocycles. The van der Waals surface area contributed by atoms with Crippen molar-refractivity contribution >= 4 is 34.4 Å². The van der Waals surface area contributed by atoms with Crippen molar-refractivity contribution in [2.75, 3.05) is 33.2 Å². The molecule has 190 valence electrons. The average Bonchev–Trinajstić information content (AvgIpc) is 3.27.